The summed E-state index contributed by atoms with van der Waals surface area (Å²) < 4.78 is 36.2. The first kappa shape index (κ1) is 17.9. The van der Waals surface area contributed by atoms with Gasteiger partial charge in [-0.05, 0) is 30.8 Å². The Morgan fingerprint density at radius 3 is 2.43 bits per heavy atom. The summed E-state index contributed by atoms with van der Waals surface area (Å²) in [4.78, 5) is 0.250. The lowest BCUT2D eigenvalue weighted by Gasteiger charge is -2.17. The van der Waals surface area contributed by atoms with Crippen molar-refractivity contribution in [3.05, 3.63) is 24.3 Å². The molecule has 0 saturated heterocycles. The predicted octanol–water partition coefficient (Wildman–Crippen LogP) is 0.942. The molecule has 0 bridgehead atoms. The molecule has 0 fully saturated rings. The van der Waals surface area contributed by atoms with Crippen molar-refractivity contribution in [2.75, 3.05) is 47.0 Å². The van der Waals surface area contributed by atoms with Crippen LogP contribution in [0.4, 0.5) is 0 Å². The Kier molecular flexibility index (Phi) is 7.66. The molecule has 1 N–H and O–H groups in total. The molecule has 0 spiro atoms. The molecular weight excluding hydrogens is 292 g/mol. The lowest BCUT2D eigenvalue weighted by atomic mass is 10.3. The summed E-state index contributed by atoms with van der Waals surface area (Å²) in [5.74, 6) is 0.659. The van der Waals surface area contributed by atoms with Crippen molar-refractivity contribution in [3.8, 4) is 5.75 Å². The average molecular weight is 316 g/mol. The second kappa shape index (κ2) is 8.99. The van der Waals surface area contributed by atoms with E-state index < -0.39 is 10.0 Å². The quantitative estimate of drug-likeness (QED) is 0.651. The molecule has 0 atom stereocenters. The molecule has 1 aromatic rings. The van der Waals surface area contributed by atoms with Gasteiger partial charge in [-0.15, -0.1) is 0 Å². The summed E-state index contributed by atoms with van der Waals surface area (Å²) in [6, 6.07) is 6.45. The molecule has 0 saturated carbocycles. The Labute approximate surface area is 127 Å². The smallest absolute Gasteiger partial charge is 0.242 e. The molecule has 0 unspecified atom stereocenters. The largest absolute Gasteiger partial charge is 0.492 e. The standard InChI is InChI=1S/C14H24N2O4S/c1-4-15-9-11-20-13-5-7-14(8-6-13)21(17,18)16(2)10-12-19-3/h5-8,15H,4,9-12H2,1-3H3. The summed E-state index contributed by atoms with van der Waals surface area (Å²) in [5, 5.41) is 3.15. The molecule has 0 aliphatic carbocycles. The lowest BCUT2D eigenvalue weighted by Crippen LogP contribution is -2.30. The van der Waals surface area contributed by atoms with Gasteiger partial charge in [0, 0.05) is 27.2 Å². The van der Waals surface area contributed by atoms with Gasteiger partial charge in [-0.2, -0.15) is 4.31 Å². The zero-order valence-electron chi connectivity index (χ0n) is 12.8. The van der Waals surface area contributed by atoms with Crippen LogP contribution in [0.5, 0.6) is 5.75 Å². The second-order valence-corrected chi connectivity index (χ2v) is 6.54. The highest BCUT2D eigenvalue weighted by atomic mass is 32.2. The van der Waals surface area contributed by atoms with Crippen LogP contribution in [0, 0.1) is 0 Å². The van der Waals surface area contributed by atoms with Gasteiger partial charge in [0.25, 0.3) is 0 Å². The Morgan fingerprint density at radius 1 is 1.19 bits per heavy atom. The van der Waals surface area contributed by atoms with E-state index >= 15 is 0 Å². The van der Waals surface area contributed by atoms with E-state index in [1.807, 2.05) is 6.92 Å². The molecule has 1 rings (SSSR count). The molecule has 0 radical (unpaired) electrons. The Morgan fingerprint density at radius 2 is 1.86 bits per heavy atom. The fourth-order valence-electron chi connectivity index (χ4n) is 1.65. The minimum Gasteiger partial charge on any atom is -0.492 e. The van der Waals surface area contributed by atoms with Crippen molar-refractivity contribution in [2.24, 2.45) is 0 Å². The van der Waals surface area contributed by atoms with E-state index in [1.54, 1.807) is 31.4 Å². The fourth-order valence-corrected chi connectivity index (χ4v) is 2.80. The molecule has 7 heteroatoms. The Hall–Kier alpha value is -1.15. The monoisotopic (exact) mass is 316 g/mol. The maximum atomic E-state index is 12.3. The van der Waals surface area contributed by atoms with Crippen LogP contribution in [0.3, 0.4) is 0 Å². The van der Waals surface area contributed by atoms with Crippen LogP contribution in [-0.4, -0.2) is 59.7 Å². The van der Waals surface area contributed by atoms with E-state index in [-0.39, 0.29) is 4.90 Å². The molecule has 0 heterocycles. The number of sulfonamides is 1. The minimum absolute atomic E-state index is 0.250. The van der Waals surface area contributed by atoms with Crippen LogP contribution in [0.15, 0.2) is 29.2 Å². The van der Waals surface area contributed by atoms with Crippen molar-refractivity contribution in [2.45, 2.75) is 11.8 Å². The zero-order valence-corrected chi connectivity index (χ0v) is 13.6. The Bertz CT molecular complexity index is 502. The molecule has 0 amide bonds. The number of hydrogen-bond donors (Lipinski definition) is 1. The number of ether oxygens (including phenoxy) is 2. The van der Waals surface area contributed by atoms with Gasteiger partial charge in [0.15, 0.2) is 0 Å². The maximum Gasteiger partial charge on any atom is 0.242 e. The topological polar surface area (TPSA) is 67.9 Å². The first-order valence-corrected chi connectivity index (χ1v) is 8.35. The fraction of sp³-hybridized carbons (Fsp3) is 0.571. The van der Waals surface area contributed by atoms with E-state index in [1.165, 1.54) is 11.4 Å². The van der Waals surface area contributed by atoms with E-state index in [9.17, 15) is 8.42 Å². The third kappa shape index (κ3) is 5.62. The minimum atomic E-state index is -3.47. The van der Waals surface area contributed by atoms with Crippen molar-refractivity contribution < 1.29 is 17.9 Å². The van der Waals surface area contributed by atoms with Crippen LogP contribution in [0.2, 0.25) is 0 Å². The first-order valence-electron chi connectivity index (χ1n) is 6.91. The van der Waals surface area contributed by atoms with Gasteiger partial charge in [0.05, 0.1) is 11.5 Å². The van der Waals surface area contributed by atoms with Gasteiger partial charge < -0.3 is 14.8 Å². The van der Waals surface area contributed by atoms with Crippen LogP contribution in [0.25, 0.3) is 0 Å². The second-order valence-electron chi connectivity index (χ2n) is 4.49. The van der Waals surface area contributed by atoms with Gasteiger partial charge in [-0.25, -0.2) is 8.42 Å². The van der Waals surface area contributed by atoms with Gasteiger partial charge in [0.1, 0.15) is 12.4 Å². The van der Waals surface area contributed by atoms with E-state index in [2.05, 4.69) is 5.32 Å². The van der Waals surface area contributed by atoms with E-state index in [4.69, 9.17) is 9.47 Å². The SMILES string of the molecule is CCNCCOc1ccc(S(=O)(=O)N(C)CCOC)cc1. The predicted molar refractivity (Wildman–Crippen MR) is 82.2 cm³/mol. The van der Waals surface area contributed by atoms with Crippen LogP contribution in [0.1, 0.15) is 6.92 Å². The molecule has 0 aliphatic heterocycles. The first-order chi connectivity index (χ1) is 10.0. The summed E-state index contributed by atoms with van der Waals surface area (Å²) in [6.45, 7) is 4.92. The van der Waals surface area contributed by atoms with Crippen LogP contribution in [-0.2, 0) is 14.8 Å². The highest BCUT2D eigenvalue weighted by Crippen LogP contribution is 2.18. The number of likely N-dealkylation sites (N-methyl/N-ethyl adjacent to an activating group) is 2. The molecule has 0 aliphatic rings. The van der Waals surface area contributed by atoms with Gasteiger partial charge in [-0.1, -0.05) is 6.92 Å². The maximum absolute atomic E-state index is 12.3. The molecule has 1 aromatic carbocycles. The number of nitrogens with one attached hydrogen (secondary N) is 1. The third-order valence-electron chi connectivity index (χ3n) is 2.94. The molecule has 120 valence electrons. The van der Waals surface area contributed by atoms with Crippen molar-refractivity contribution in [1.29, 1.82) is 0 Å². The van der Waals surface area contributed by atoms with Crippen LogP contribution >= 0.6 is 0 Å². The number of nitrogens with zero attached hydrogens (tertiary/aromatic N) is 1. The third-order valence-corrected chi connectivity index (χ3v) is 4.81. The van der Waals surface area contributed by atoms with Gasteiger partial charge >= 0.3 is 0 Å². The average Bonchev–Trinajstić information content (AvgIpc) is 2.49. The molecule has 0 aromatic heterocycles. The van der Waals surface area contributed by atoms with E-state index in [0.717, 1.165) is 13.1 Å². The zero-order chi connectivity index (χ0) is 15.7. The molecule has 6 nitrogen and oxygen atoms in total. The summed E-state index contributed by atoms with van der Waals surface area (Å²) >= 11 is 0. The summed E-state index contributed by atoms with van der Waals surface area (Å²) in [5.41, 5.74) is 0. The van der Waals surface area contributed by atoms with Crippen LogP contribution < -0.4 is 10.1 Å². The van der Waals surface area contributed by atoms with Gasteiger partial charge in [-0.3, -0.25) is 0 Å². The highest BCUT2D eigenvalue weighted by Gasteiger charge is 2.20. The molecular formula is C14H24N2O4S. The summed E-state index contributed by atoms with van der Waals surface area (Å²) in [6.07, 6.45) is 0. The number of methoxy groups -OCH3 is 1. The number of rotatable bonds is 10. The van der Waals surface area contributed by atoms with Gasteiger partial charge in [0.2, 0.25) is 10.0 Å². The number of benzene rings is 1. The van der Waals surface area contributed by atoms with Crippen molar-refractivity contribution in [3.63, 3.8) is 0 Å². The van der Waals surface area contributed by atoms with E-state index in [0.29, 0.717) is 25.5 Å². The van der Waals surface area contributed by atoms with Crippen molar-refractivity contribution >= 4 is 10.0 Å². The summed E-state index contributed by atoms with van der Waals surface area (Å²) in [7, 11) is -0.393. The number of hydrogen-bond acceptors (Lipinski definition) is 5. The normalized spacial score (nSPS) is 11.8. The lowest BCUT2D eigenvalue weighted by molar-refractivity contribution is 0.185. The Balaban J connectivity index is 2.63. The van der Waals surface area contributed by atoms with Crippen molar-refractivity contribution in [1.82, 2.24) is 9.62 Å². The highest BCUT2D eigenvalue weighted by molar-refractivity contribution is 7.89. The molecule has 21 heavy (non-hydrogen) atoms.